The van der Waals surface area contributed by atoms with Crippen molar-refractivity contribution in [2.45, 2.75) is 65.0 Å². The number of carbonyl (C=O) groups excluding carboxylic acids is 4. The topological polar surface area (TPSA) is 137 Å². The number of ketones is 1. The Labute approximate surface area is 159 Å². The fourth-order valence-electron chi connectivity index (χ4n) is 1.86. The van der Waals surface area contributed by atoms with Crippen LogP contribution in [0.2, 0.25) is 0 Å². The third kappa shape index (κ3) is 11.1. The predicted octanol–water partition coefficient (Wildman–Crippen LogP) is -0.472. The van der Waals surface area contributed by atoms with E-state index in [1.807, 2.05) is 0 Å². The van der Waals surface area contributed by atoms with Gasteiger partial charge in [0, 0.05) is 12.2 Å². The number of esters is 1. The standard InChI is InChI=1S/C16H29N3O6S/c1-9(2)24-11(4)25-16(23)12(17)5-6-14(21)19-13(8-26)15(22)18-7-10(3)20/h9,11-13,26H,5-8,17H2,1-4H3,(H,18,22)(H,19,21). The van der Waals surface area contributed by atoms with Crippen molar-refractivity contribution in [2.75, 3.05) is 12.3 Å². The van der Waals surface area contributed by atoms with Gasteiger partial charge in [-0.2, -0.15) is 12.6 Å². The number of carbonyl (C=O) groups is 4. The Balaban J connectivity index is 4.31. The first kappa shape index (κ1) is 24.4. The lowest BCUT2D eigenvalue weighted by atomic mass is 10.1. The van der Waals surface area contributed by atoms with Crippen molar-refractivity contribution in [3.8, 4) is 0 Å². The minimum Gasteiger partial charge on any atom is -0.435 e. The molecule has 4 N–H and O–H groups in total. The van der Waals surface area contributed by atoms with Gasteiger partial charge in [0.25, 0.3) is 0 Å². The van der Waals surface area contributed by atoms with Crippen molar-refractivity contribution in [3.05, 3.63) is 0 Å². The van der Waals surface area contributed by atoms with Crippen LogP contribution in [0.3, 0.4) is 0 Å². The van der Waals surface area contributed by atoms with Gasteiger partial charge in [-0.25, -0.2) is 0 Å². The highest BCUT2D eigenvalue weighted by Crippen LogP contribution is 2.04. The highest BCUT2D eigenvalue weighted by Gasteiger charge is 2.22. The molecule has 3 atom stereocenters. The second kappa shape index (κ2) is 12.7. The molecule has 2 amide bonds. The molecule has 0 fully saturated rings. The summed E-state index contributed by atoms with van der Waals surface area (Å²) in [5, 5.41) is 4.87. The van der Waals surface area contributed by atoms with Crippen LogP contribution in [0.15, 0.2) is 0 Å². The molecular weight excluding hydrogens is 362 g/mol. The molecule has 150 valence electrons. The minimum atomic E-state index is -0.986. The van der Waals surface area contributed by atoms with Gasteiger partial charge in [-0.15, -0.1) is 0 Å². The lowest BCUT2D eigenvalue weighted by Crippen LogP contribution is -2.49. The molecule has 0 aromatic carbocycles. The van der Waals surface area contributed by atoms with Crippen molar-refractivity contribution in [1.29, 1.82) is 0 Å². The third-order valence-corrected chi connectivity index (χ3v) is 3.44. The lowest BCUT2D eigenvalue weighted by molar-refractivity contribution is -0.183. The van der Waals surface area contributed by atoms with Crippen molar-refractivity contribution >= 4 is 36.2 Å². The minimum absolute atomic E-state index is 0.0490. The van der Waals surface area contributed by atoms with Crippen LogP contribution in [0, 0.1) is 0 Å². The Morgan fingerprint density at radius 1 is 1.15 bits per heavy atom. The van der Waals surface area contributed by atoms with E-state index < -0.39 is 36.2 Å². The van der Waals surface area contributed by atoms with Gasteiger partial charge >= 0.3 is 5.97 Å². The van der Waals surface area contributed by atoms with Crippen LogP contribution in [-0.2, 0) is 28.7 Å². The van der Waals surface area contributed by atoms with Gasteiger partial charge in [-0.1, -0.05) is 0 Å². The van der Waals surface area contributed by atoms with E-state index in [0.29, 0.717) is 0 Å². The fraction of sp³-hybridized carbons (Fsp3) is 0.750. The molecule has 9 nitrogen and oxygen atoms in total. The van der Waals surface area contributed by atoms with Gasteiger partial charge in [0.15, 0.2) is 6.29 Å². The SMILES string of the molecule is CC(=O)CNC(=O)C(CS)NC(=O)CCC(N)C(=O)OC(C)OC(C)C. The number of thiol groups is 1. The summed E-state index contributed by atoms with van der Waals surface area (Å²) < 4.78 is 10.3. The normalized spacial score (nSPS) is 14.3. The molecule has 10 heteroatoms. The molecule has 0 aliphatic carbocycles. The van der Waals surface area contributed by atoms with E-state index in [9.17, 15) is 19.2 Å². The highest BCUT2D eigenvalue weighted by atomic mass is 32.1. The van der Waals surface area contributed by atoms with Crippen LogP contribution >= 0.6 is 12.6 Å². The summed E-state index contributed by atoms with van der Waals surface area (Å²) in [6.45, 7) is 6.40. The maximum absolute atomic E-state index is 11.9. The van der Waals surface area contributed by atoms with Gasteiger partial charge in [0.1, 0.15) is 17.9 Å². The highest BCUT2D eigenvalue weighted by molar-refractivity contribution is 7.80. The fourth-order valence-corrected chi connectivity index (χ4v) is 2.12. The first-order chi connectivity index (χ1) is 12.1. The van der Waals surface area contributed by atoms with Crippen LogP contribution in [0.25, 0.3) is 0 Å². The summed E-state index contributed by atoms with van der Waals surface area (Å²) in [4.78, 5) is 46.4. The van der Waals surface area contributed by atoms with Gasteiger partial charge in [-0.3, -0.25) is 19.2 Å². The zero-order valence-corrected chi connectivity index (χ0v) is 16.5. The van der Waals surface area contributed by atoms with Crippen LogP contribution in [0.1, 0.15) is 40.5 Å². The van der Waals surface area contributed by atoms with Crippen LogP contribution in [0.5, 0.6) is 0 Å². The molecular formula is C16H29N3O6S. The molecule has 0 aliphatic rings. The first-order valence-electron chi connectivity index (χ1n) is 8.35. The Hall–Kier alpha value is -1.65. The molecule has 3 unspecified atom stereocenters. The van der Waals surface area contributed by atoms with E-state index >= 15 is 0 Å². The zero-order valence-electron chi connectivity index (χ0n) is 15.6. The van der Waals surface area contributed by atoms with Gasteiger partial charge < -0.3 is 25.8 Å². The molecule has 0 heterocycles. The van der Waals surface area contributed by atoms with Crippen molar-refractivity contribution in [3.63, 3.8) is 0 Å². The monoisotopic (exact) mass is 391 g/mol. The predicted molar refractivity (Wildman–Crippen MR) is 98.5 cm³/mol. The van der Waals surface area contributed by atoms with Crippen LogP contribution in [0.4, 0.5) is 0 Å². The Morgan fingerprint density at radius 3 is 2.27 bits per heavy atom. The zero-order chi connectivity index (χ0) is 20.3. The van der Waals surface area contributed by atoms with Crippen LogP contribution < -0.4 is 16.4 Å². The molecule has 0 spiro atoms. The van der Waals surface area contributed by atoms with Crippen molar-refractivity contribution < 1.29 is 28.7 Å². The smallest absolute Gasteiger partial charge is 0.325 e. The number of amides is 2. The Kier molecular flexibility index (Phi) is 11.9. The summed E-state index contributed by atoms with van der Waals surface area (Å²) in [5.41, 5.74) is 5.71. The summed E-state index contributed by atoms with van der Waals surface area (Å²) in [5.74, 6) is -1.78. The first-order valence-corrected chi connectivity index (χ1v) is 8.98. The maximum atomic E-state index is 11.9. The van der Waals surface area contributed by atoms with Gasteiger partial charge in [0.05, 0.1) is 12.6 Å². The number of hydrogen-bond acceptors (Lipinski definition) is 8. The quantitative estimate of drug-likeness (QED) is 0.200. The number of rotatable bonds is 12. The van der Waals surface area contributed by atoms with Crippen molar-refractivity contribution in [1.82, 2.24) is 10.6 Å². The second-order valence-electron chi connectivity index (χ2n) is 6.06. The van der Waals surface area contributed by atoms with E-state index in [0.717, 1.165) is 0 Å². The molecule has 0 radical (unpaired) electrons. The van der Waals surface area contributed by atoms with Crippen LogP contribution in [-0.4, -0.2) is 60.3 Å². The molecule has 0 saturated heterocycles. The molecule has 0 aromatic heterocycles. The van der Waals surface area contributed by atoms with Crippen molar-refractivity contribution in [2.24, 2.45) is 5.73 Å². The average Bonchev–Trinajstić information content (AvgIpc) is 2.54. The van der Waals surface area contributed by atoms with Gasteiger partial charge in [-0.05, 0) is 34.1 Å². The van der Waals surface area contributed by atoms with E-state index in [1.54, 1.807) is 20.8 Å². The summed E-state index contributed by atoms with van der Waals surface area (Å²) in [7, 11) is 0. The van der Waals surface area contributed by atoms with E-state index in [4.69, 9.17) is 15.2 Å². The van der Waals surface area contributed by atoms with E-state index in [2.05, 4.69) is 23.3 Å². The summed E-state index contributed by atoms with van der Waals surface area (Å²) in [6.07, 6.45) is -0.860. The molecule has 0 aliphatic heterocycles. The maximum Gasteiger partial charge on any atom is 0.325 e. The lowest BCUT2D eigenvalue weighted by Gasteiger charge is -2.19. The largest absolute Gasteiger partial charge is 0.435 e. The Morgan fingerprint density at radius 2 is 1.77 bits per heavy atom. The molecule has 0 bridgehead atoms. The number of nitrogens with two attached hydrogens (primary N) is 1. The Bertz CT molecular complexity index is 500. The number of nitrogens with one attached hydrogen (secondary N) is 2. The number of hydrogen-bond donors (Lipinski definition) is 4. The number of Topliss-reactive ketones (excluding diaryl/α,β-unsaturated/α-hetero) is 1. The molecule has 0 aromatic rings. The molecule has 0 rings (SSSR count). The van der Waals surface area contributed by atoms with E-state index in [-0.39, 0.29) is 37.0 Å². The van der Waals surface area contributed by atoms with Gasteiger partial charge in [0.2, 0.25) is 11.8 Å². The molecule has 0 saturated carbocycles. The summed E-state index contributed by atoms with van der Waals surface area (Å²) in [6, 6.07) is -1.87. The number of ether oxygens (including phenoxy) is 2. The summed E-state index contributed by atoms with van der Waals surface area (Å²) >= 11 is 4.01. The second-order valence-corrected chi connectivity index (χ2v) is 6.42. The molecule has 26 heavy (non-hydrogen) atoms. The average molecular weight is 391 g/mol. The van der Waals surface area contributed by atoms with E-state index in [1.165, 1.54) is 6.92 Å². The third-order valence-electron chi connectivity index (χ3n) is 3.08.